The zero-order valence-electron chi connectivity index (χ0n) is 15.3. The maximum atomic E-state index is 13.6. The van der Waals surface area contributed by atoms with Gasteiger partial charge in [0.1, 0.15) is 18.2 Å². The van der Waals surface area contributed by atoms with E-state index in [1.54, 1.807) is 30.3 Å². The first-order valence-electron chi connectivity index (χ1n) is 9.68. The van der Waals surface area contributed by atoms with Gasteiger partial charge >= 0.3 is 0 Å². The van der Waals surface area contributed by atoms with E-state index in [-0.39, 0.29) is 18.3 Å². The van der Waals surface area contributed by atoms with Crippen molar-refractivity contribution in [2.75, 3.05) is 5.32 Å². The van der Waals surface area contributed by atoms with Gasteiger partial charge in [-0.1, -0.05) is 18.2 Å². The molecule has 2 aromatic rings. The van der Waals surface area contributed by atoms with Crippen molar-refractivity contribution < 1.29 is 13.9 Å². The van der Waals surface area contributed by atoms with Gasteiger partial charge in [0, 0.05) is 29.8 Å². The summed E-state index contributed by atoms with van der Waals surface area (Å²) in [5.41, 5.74) is 1.28. The van der Waals surface area contributed by atoms with E-state index in [1.807, 2.05) is 12.1 Å². The number of carbonyl (C=O) groups is 1. The number of fused-ring (bicyclic) bond motifs is 2. The Bertz CT molecular complexity index is 781. The van der Waals surface area contributed by atoms with Crippen molar-refractivity contribution in [2.24, 2.45) is 5.92 Å². The van der Waals surface area contributed by atoms with Crippen molar-refractivity contribution in [3.05, 3.63) is 59.9 Å². The second kappa shape index (κ2) is 8.09. The molecule has 2 aromatic carbocycles. The summed E-state index contributed by atoms with van der Waals surface area (Å²) in [5, 5.41) is 6.58. The van der Waals surface area contributed by atoms with Crippen LogP contribution in [0.15, 0.2) is 48.5 Å². The predicted octanol–water partition coefficient (Wildman–Crippen LogP) is 4.26. The molecule has 142 valence electrons. The molecule has 2 atom stereocenters. The Morgan fingerprint density at radius 3 is 2.48 bits per heavy atom. The first kappa shape index (κ1) is 18.0. The molecular weight excluding hydrogens is 343 g/mol. The summed E-state index contributed by atoms with van der Waals surface area (Å²) in [6.07, 6.45) is 5.29. The third-order valence-electron chi connectivity index (χ3n) is 5.54. The molecule has 0 aliphatic carbocycles. The normalized spacial score (nSPS) is 23.8. The van der Waals surface area contributed by atoms with Crippen LogP contribution in [0, 0.1) is 11.7 Å². The first-order chi connectivity index (χ1) is 13.2. The molecule has 0 saturated carbocycles. The summed E-state index contributed by atoms with van der Waals surface area (Å²) in [6, 6.07) is 15.0. The molecule has 0 spiro atoms. The fourth-order valence-corrected chi connectivity index (χ4v) is 4.23. The Morgan fingerprint density at radius 1 is 1.07 bits per heavy atom. The van der Waals surface area contributed by atoms with Crippen LogP contribution >= 0.6 is 0 Å². The minimum atomic E-state index is -0.271. The van der Waals surface area contributed by atoms with Crippen LogP contribution in [0.5, 0.6) is 5.75 Å². The molecule has 2 fully saturated rings. The van der Waals surface area contributed by atoms with Crippen molar-refractivity contribution in [1.82, 2.24) is 5.32 Å². The molecule has 0 radical (unpaired) electrons. The summed E-state index contributed by atoms with van der Waals surface area (Å²) >= 11 is 0. The second-order valence-corrected chi connectivity index (χ2v) is 7.63. The van der Waals surface area contributed by atoms with E-state index in [2.05, 4.69) is 10.6 Å². The van der Waals surface area contributed by atoms with E-state index in [0.717, 1.165) is 18.5 Å². The van der Waals surface area contributed by atoms with E-state index < -0.39 is 0 Å². The molecule has 27 heavy (non-hydrogen) atoms. The Morgan fingerprint density at radius 2 is 1.78 bits per heavy atom. The summed E-state index contributed by atoms with van der Waals surface area (Å²) < 4.78 is 19.2. The number of halogens is 1. The number of hydrogen-bond acceptors (Lipinski definition) is 3. The lowest BCUT2D eigenvalue weighted by molar-refractivity contribution is -0.117. The number of hydrogen-bond donors (Lipinski definition) is 2. The van der Waals surface area contributed by atoms with Crippen molar-refractivity contribution in [3.63, 3.8) is 0 Å². The van der Waals surface area contributed by atoms with Gasteiger partial charge in [0.2, 0.25) is 5.91 Å². The third kappa shape index (κ3) is 4.66. The van der Waals surface area contributed by atoms with Gasteiger partial charge in [0.15, 0.2) is 0 Å². The van der Waals surface area contributed by atoms with E-state index in [1.165, 1.54) is 18.9 Å². The van der Waals surface area contributed by atoms with Crippen LogP contribution in [-0.4, -0.2) is 18.0 Å². The lowest BCUT2D eigenvalue weighted by Gasteiger charge is -2.28. The highest BCUT2D eigenvalue weighted by Gasteiger charge is 2.34. The van der Waals surface area contributed by atoms with Gasteiger partial charge in [0.05, 0.1) is 0 Å². The molecule has 2 N–H and O–H groups in total. The third-order valence-corrected chi connectivity index (χ3v) is 5.54. The summed E-state index contributed by atoms with van der Waals surface area (Å²) in [5.74, 6) is 0.923. The molecule has 2 bridgehead atoms. The topological polar surface area (TPSA) is 50.4 Å². The van der Waals surface area contributed by atoms with Gasteiger partial charge in [-0.05, 0) is 61.9 Å². The van der Waals surface area contributed by atoms with Gasteiger partial charge in [0.25, 0.3) is 0 Å². The van der Waals surface area contributed by atoms with E-state index in [4.69, 9.17) is 4.74 Å². The second-order valence-electron chi connectivity index (χ2n) is 7.63. The molecule has 2 saturated heterocycles. The first-order valence-corrected chi connectivity index (χ1v) is 9.68. The standard InChI is InChI=1S/C22H25FN2O2/c23-21-4-2-1-3-16(21)14-27-20-9-7-17(8-10-20)25-22(26)13-15-11-18-5-6-19(12-15)24-18/h1-4,7-10,15,18-19,24H,5-6,11-14H2,(H,25,26). The Labute approximate surface area is 159 Å². The number of amides is 1. The minimum Gasteiger partial charge on any atom is -0.489 e. The highest BCUT2D eigenvalue weighted by molar-refractivity contribution is 5.90. The van der Waals surface area contributed by atoms with Gasteiger partial charge in [-0.15, -0.1) is 0 Å². The van der Waals surface area contributed by atoms with E-state index in [9.17, 15) is 9.18 Å². The summed E-state index contributed by atoms with van der Waals surface area (Å²) in [6.45, 7) is 0.177. The number of rotatable bonds is 6. The smallest absolute Gasteiger partial charge is 0.224 e. The number of nitrogens with one attached hydrogen (secondary N) is 2. The van der Waals surface area contributed by atoms with Crippen LogP contribution in [0.2, 0.25) is 0 Å². The maximum absolute atomic E-state index is 13.6. The Balaban J connectivity index is 1.26. The molecular formula is C22H25FN2O2. The van der Waals surface area contributed by atoms with E-state index >= 15 is 0 Å². The lowest BCUT2D eigenvalue weighted by atomic mass is 9.89. The summed E-state index contributed by atoms with van der Waals surface area (Å²) in [4.78, 5) is 12.3. The molecule has 4 rings (SSSR count). The Hall–Kier alpha value is -2.40. The summed E-state index contributed by atoms with van der Waals surface area (Å²) in [7, 11) is 0. The van der Waals surface area contributed by atoms with Crippen molar-refractivity contribution >= 4 is 11.6 Å². The van der Waals surface area contributed by atoms with Crippen LogP contribution < -0.4 is 15.4 Å². The molecule has 4 nitrogen and oxygen atoms in total. The van der Waals surface area contributed by atoms with Crippen LogP contribution in [-0.2, 0) is 11.4 Å². The van der Waals surface area contributed by atoms with Gasteiger partial charge < -0.3 is 15.4 Å². The SMILES string of the molecule is O=C(CC1CC2CCC(C1)N2)Nc1ccc(OCc2ccccc2F)cc1. The molecule has 1 amide bonds. The largest absolute Gasteiger partial charge is 0.489 e. The zero-order valence-corrected chi connectivity index (χ0v) is 15.3. The fraction of sp³-hybridized carbons (Fsp3) is 0.409. The molecule has 0 aromatic heterocycles. The highest BCUT2D eigenvalue weighted by atomic mass is 19.1. The van der Waals surface area contributed by atoms with Crippen molar-refractivity contribution in [3.8, 4) is 5.75 Å². The van der Waals surface area contributed by atoms with Gasteiger partial charge in [-0.25, -0.2) is 4.39 Å². The van der Waals surface area contributed by atoms with Gasteiger partial charge in [-0.3, -0.25) is 4.79 Å². The quantitative estimate of drug-likeness (QED) is 0.801. The number of carbonyl (C=O) groups excluding carboxylic acids is 1. The Kier molecular flexibility index (Phi) is 5.39. The molecule has 5 heteroatoms. The van der Waals surface area contributed by atoms with Crippen molar-refractivity contribution in [2.45, 2.75) is 50.8 Å². The van der Waals surface area contributed by atoms with Crippen LogP contribution in [0.25, 0.3) is 0 Å². The van der Waals surface area contributed by atoms with Crippen LogP contribution in [0.1, 0.15) is 37.7 Å². The number of anilines is 1. The molecule has 2 unspecified atom stereocenters. The number of ether oxygens (including phenoxy) is 1. The molecule has 2 heterocycles. The highest BCUT2D eigenvalue weighted by Crippen LogP contribution is 2.32. The number of piperidine rings is 1. The fourth-order valence-electron chi connectivity index (χ4n) is 4.23. The van der Waals surface area contributed by atoms with Crippen LogP contribution in [0.3, 0.4) is 0 Å². The predicted molar refractivity (Wildman–Crippen MR) is 103 cm³/mol. The molecule has 2 aliphatic heterocycles. The van der Waals surface area contributed by atoms with E-state index in [0.29, 0.717) is 35.7 Å². The number of benzene rings is 2. The molecule has 2 aliphatic rings. The zero-order chi connectivity index (χ0) is 18.6. The maximum Gasteiger partial charge on any atom is 0.224 e. The average molecular weight is 368 g/mol. The van der Waals surface area contributed by atoms with Gasteiger partial charge in [-0.2, -0.15) is 0 Å². The average Bonchev–Trinajstić information content (AvgIpc) is 3.00. The van der Waals surface area contributed by atoms with Crippen molar-refractivity contribution in [1.29, 1.82) is 0 Å². The van der Waals surface area contributed by atoms with Crippen LogP contribution in [0.4, 0.5) is 10.1 Å². The minimum absolute atomic E-state index is 0.0707. The lowest BCUT2D eigenvalue weighted by Crippen LogP contribution is -2.39. The monoisotopic (exact) mass is 368 g/mol.